The predicted octanol–water partition coefficient (Wildman–Crippen LogP) is 1.74. The zero-order valence-corrected chi connectivity index (χ0v) is 11.7. The number of rotatable bonds is 5. The third kappa shape index (κ3) is 3.99. The quantitative estimate of drug-likeness (QED) is 0.796. The van der Waals surface area contributed by atoms with Crippen LogP contribution in [-0.4, -0.2) is 48.5 Å². The number of thioether (sulfide) groups is 1. The molecule has 2 N–H and O–H groups in total. The lowest BCUT2D eigenvalue weighted by atomic mass is 10.1. The number of aliphatic hydroxyl groups is 1. The molecule has 0 amide bonds. The van der Waals surface area contributed by atoms with Crippen LogP contribution in [0.1, 0.15) is 18.6 Å². The maximum Gasteiger partial charge on any atom is 0.0916 e. The molecule has 1 heterocycles. The topological polar surface area (TPSA) is 35.5 Å². The molecule has 2 rings (SSSR count). The standard InChI is InChI=1S/C14H22N2OS/c1-2-18-13-5-3-12(4-6-13)14(17)11-16-9-7-15-8-10-16/h3-6,14-15,17H,2,7-11H2,1H3. The van der Waals surface area contributed by atoms with E-state index in [0.717, 1.165) is 44.0 Å². The van der Waals surface area contributed by atoms with Gasteiger partial charge in [0.15, 0.2) is 0 Å². The summed E-state index contributed by atoms with van der Waals surface area (Å²) in [7, 11) is 0. The van der Waals surface area contributed by atoms with E-state index < -0.39 is 0 Å². The summed E-state index contributed by atoms with van der Waals surface area (Å²) in [5.74, 6) is 1.09. The molecule has 1 atom stereocenters. The minimum absolute atomic E-state index is 0.372. The Morgan fingerprint density at radius 3 is 2.56 bits per heavy atom. The Morgan fingerprint density at radius 2 is 1.94 bits per heavy atom. The van der Waals surface area contributed by atoms with Gasteiger partial charge >= 0.3 is 0 Å². The molecule has 4 heteroatoms. The van der Waals surface area contributed by atoms with E-state index in [4.69, 9.17) is 0 Å². The van der Waals surface area contributed by atoms with Crippen molar-refractivity contribution in [3.8, 4) is 0 Å². The first-order chi connectivity index (χ1) is 8.79. The molecule has 0 saturated carbocycles. The van der Waals surface area contributed by atoms with Crippen molar-refractivity contribution >= 4 is 11.8 Å². The molecule has 1 aromatic carbocycles. The zero-order chi connectivity index (χ0) is 12.8. The van der Waals surface area contributed by atoms with Gasteiger partial charge in [0.2, 0.25) is 0 Å². The highest BCUT2D eigenvalue weighted by atomic mass is 32.2. The molecule has 0 bridgehead atoms. The van der Waals surface area contributed by atoms with Crippen molar-refractivity contribution in [1.82, 2.24) is 10.2 Å². The van der Waals surface area contributed by atoms with E-state index in [9.17, 15) is 5.11 Å². The van der Waals surface area contributed by atoms with Crippen molar-refractivity contribution in [2.75, 3.05) is 38.5 Å². The third-order valence-corrected chi connectivity index (χ3v) is 4.11. The van der Waals surface area contributed by atoms with Crippen LogP contribution in [0.4, 0.5) is 0 Å². The second-order valence-corrected chi connectivity index (χ2v) is 5.91. The number of β-amino-alcohol motifs (C(OH)–C–C–N with tert-alkyl or cyclic N) is 1. The number of nitrogens with zero attached hydrogens (tertiary/aromatic N) is 1. The molecule has 0 radical (unpaired) electrons. The normalized spacial score (nSPS) is 18.8. The number of benzene rings is 1. The Morgan fingerprint density at radius 1 is 1.28 bits per heavy atom. The van der Waals surface area contributed by atoms with Gasteiger partial charge in [-0.05, 0) is 23.4 Å². The molecule has 1 aromatic rings. The molecule has 1 unspecified atom stereocenters. The minimum Gasteiger partial charge on any atom is -0.387 e. The molecule has 0 aromatic heterocycles. The van der Waals surface area contributed by atoms with Crippen LogP contribution in [-0.2, 0) is 0 Å². The van der Waals surface area contributed by atoms with Gasteiger partial charge in [-0.25, -0.2) is 0 Å². The maximum absolute atomic E-state index is 10.2. The van der Waals surface area contributed by atoms with Crippen LogP contribution in [0.15, 0.2) is 29.2 Å². The molecule has 100 valence electrons. The number of hydrogen-bond acceptors (Lipinski definition) is 4. The third-order valence-electron chi connectivity index (χ3n) is 3.22. The number of nitrogens with one attached hydrogen (secondary N) is 1. The zero-order valence-electron chi connectivity index (χ0n) is 10.9. The van der Waals surface area contributed by atoms with Gasteiger partial charge in [-0.1, -0.05) is 19.1 Å². The van der Waals surface area contributed by atoms with Gasteiger partial charge < -0.3 is 10.4 Å². The Bertz CT molecular complexity index is 349. The van der Waals surface area contributed by atoms with Crippen LogP contribution >= 0.6 is 11.8 Å². The van der Waals surface area contributed by atoms with E-state index >= 15 is 0 Å². The maximum atomic E-state index is 10.2. The monoisotopic (exact) mass is 266 g/mol. The summed E-state index contributed by atoms with van der Waals surface area (Å²) in [6, 6.07) is 8.30. The van der Waals surface area contributed by atoms with Gasteiger partial charge in [-0.3, -0.25) is 4.90 Å². The molecule has 1 saturated heterocycles. The number of piperazine rings is 1. The van der Waals surface area contributed by atoms with Crippen LogP contribution in [0.5, 0.6) is 0 Å². The molecule has 3 nitrogen and oxygen atoms in total. The van der Waals surface area contributed by atoms with E-state index in [1.165, 1.54) is 4.90 Å². The van der Waals surface area contributed by atoms with Gasteiger partial charge in [0, 0.05) is 37.6 Å². The first-order valence-corrected chi connectivity index (χ1v) is 7.62. The van der Waals surface area contributed by atoms with E-state index in [1.807, 2.05) is 23.9 Å². The lowest BCUT2D eigenvalue weighted by Gasteiger charge is -2.29. The summed E-state index contributed by atoms with van der Waals surface area (Å²) >= 11 is 1.83. The highest BCUT2D eigenvalue weighted by molar-refractivity contribution is 7.99. The second-order valence-electron chi connectivity index (χ2n) is 4.57. The van der Waals surface area contributed by atoms with E-state index in [0.29, 0.717) is 0 Å². The molecule has 0 spiro atoms. The van der Waals surface area contributed by atoms with Crippen LogP contribution in [0.2, 0.25) is 0 Å². The minimum atomic E-state index is -0.372. The van der Waals surface area contributed by atoms with Crippen molar-refractivity contribution in [1.29, 1.82) is 0 Å². The fraction of sp³-hybridized carbons (Fsp3) is 0.571. The SMILES string of the molecule is CCSc1ccc(C(O)CN2CCNCC2)cc1. The van der Waals surface area contributed by atoms with E-state index in [1.54, 1.807) is 0 Å². The predicted molar refractivity (Wildman–Crippen MR) is 77.1 cm³/mol. The summed E-state index contributed by atoms with van der Waals surface area (Å²) in [6.45, 7) is 7.00. The molecular weight excluding hydrogens is 244 g/mol. The average Bonchev–Trinajstić information content (AvgIpc) is 2.41. The lowest BCUT2D eigenvalue weighted by molar-refractivity contribution is 0.105. The van der Waals surface area contributed by atoms with Gasteiger partial charge in [0.1, 0.15) is 0 Å². The fourth-order valence-electron chi connectivity index (χ4n) is 2.20. The summed E-state index contributed by atoms with van der Waals surface area (Å²) in [4.78, 5) is 3.59. The largest absolute Gasteiger partial charge is 0.387 e. The van der Waals surface area contributed by atoms with Crippen molar-refractivity contribution in [2.24, 2.45) is 0 Å². The van der Waals surface area contributed by atoms with Crippen molar-refractivity contribution in [2.45, 2.75) is 17.9 Å². The van der Waals surface area contributed by atoms with Crippen molar-refractivity contribution < 1.29 is 5.11 Å². The van der Waals surface area contributed by atoms with Crippen LogP contribution in [0.3, 0.4) is 0 Å². The molecule has 1 aliphatic heterocycles. The molecular formula is C14H22N2OS. The van der Waals surface area contributed by atoms with Gasteiger partial charge in [0.25, 0.3) is 0 Å². The second kappa shape index (κ2) is 7.14. The Hall–Kier alpha value is -0.550. The summed E-state index contributed by atoms with van der Waals surface area (Å²) in [5.41, 5.74) is 1.02. The average molecular weight is 266 g/mol. The molecule has 1 fully saturated rings. The number of aliphatic hydroxyl groups excluding tert-OH is 1. The van der Waals surface area contributed by atoms with E-state index in [-0.39, 0.29) is 6.10 Å². The first-order valence-electron chi connectivity index (χ1n) is 6.63. The Kier molecular flexibility index (Phi) is 5.50. The smallest absolute Gasteiger partial charge is 0.0916 e. The van der Waals surface area contributed by atoms with Crippen LogP contribution < -0.4 is 5.32 Å². The van der Waals surface area contributed by atoms with Crippen molar-refractivity contribution in [3.05, 3.63) is 29.8 Å². The molecule has 1 aliphatic rings. The Balaban J connectivity index is 1.89. The summed E-state index contributed by atoms with van der Waals surface area (Å²) in [5, 5.41) is 13.5. The molecule has 0 aliphatic carbocycles. The van der Waals surface area contributed by atoms with Gasteiger partial charge in [-0.15, -0.1) is 11.8 Å². The summed E-state index contributed by atoms with van der Waals surface area (Å²) < 4.78 is 0. The van der Waals surface area contributed by atoms with Crippen molar-refractivity contribution in [3.63, 3.8) is 0 Å². The summed E-state index contributed by atoms with van der Waals surface area (Å²) in [6.07, 6.45) is -0.372. The highest BCUT2D eigenvalue weighted by Gasteiger charge is 2.15. The van der Waals surface area contributed by atoms with Crippen LogP contribution in [0, 0.1) is 0 Å². The van der Waals surface area contributed by atoms with Gasteiger partial charge in [0.05, 0.1) is 6.10 Å². The number of hydrogen-bond donors (Lipinski definition) is 2. The van der Waals surface area contributed by atoms with E-state index in [2.05, 4.69) is 29.3 Å². The fourth-order valence-corrected chi connectivity index (χ4v) is 2.86. The molecule has 18 heavy (non-hydrogen) atoms. The van der Waals surface area contributed by atoms with Gasteiger partial charge in [-0.2, -0.15) is 0 Å². The highest BCUT2D eigenvalue weighted by Crippen LogP contribution is 2.21. The lowest BCUT2D eigenvalue weighted by Crippen LogP contribution is -2.44. The first kappa shape index (κ1) is 13.9. The van der Waals surface area contributed by atoms with Crippen LogP contribution in [0.25, 0.3) is 0 Å². The Labute approximate surface area is 114 Å².